The number of hydrogen-bond acceptors (Lipinski definition) is 2. The van der Waals surface area contributed by atoms with Gasteiger partial charge in [-0.2, -0.15) is 0 Å². The van der Waals surface area contributed by atoms with Crippen molar-refractivity contribution in [3.05, 3.63) is 23.8 Å². The van der Waals surface area contributed by atoms with Gasteiger partial charge in [-0.25, -0.2) is 8.78 Å². The first-order valence-corrected chi connectivity index (χ1v) is 4.14. The zero-order valence-corrected chi connectivity index (χ0v) is 7.41. The first-order chi connectivity index (χ1) is 6.41. The molecule has 0 unspecified atom stereocenters. The lowest BCUT2D eigenvalue weighted by atomic mass is 9.96. The molecule has 0 bridgehead atoms. The molecule has 0 fully saturated rings. The molecule has 0 spiro atoms. The number of rotatable bonds is 3. The van der Waals surface area contributed by atoms with Gasteiger partial charge in [-0.05, 0) is 12.5 Å². The summed E-state index contributed by atoms with van der Waals surface area (Å²) in [5.41, 5.74) is 5.59. The second-order valence-corrected chi connectivity index (χ2v) is 3.27. The minimum absolute atomic E-state index is 0.0325. The molecule has 0 aliphatic heterocycles. The third-order valence-corrected chi connectivity index (χ3v) is 1.93. The largest absolute Gasteiger partial charge is 0.480 e. The number of hydrogen-bond donors (Lipinski definition) is 2. The number of allylic oxidation sites excluding steroid dienone is 3. The number of nitrogens with two attached hydrogens (primary N) is 1. The minimum atomic E-state index is -2.87. The monoisotopic (exact) mass is 203 g/mol. The first kappa shape index (κ1) is 10.8. The number of carboxylic acids is 1. The Labute approximate surface area is 79.9 Å². The van der Waals surface area contributed by atoms with Crippen LogP contribution in [0.25, 0.3) is 0 Å². The third-order valence-electron chi connectivity index (χ3n) is 1.93. The van der Waals surface area contributed by atoms with E-state index in [1.54, 1.807) is 0 Å². The van der Waals surface area contributed by atoms with Crippen molar-refractivity contribution in [2.75, 3.05) is 0 Å². The molecule has 0 aromatic heterocycles. The van der Waals surface area contributed by atoms with Crippen LogP contribution in [0.15, 0.2) is 23.8 Å². The van der Waals surface area contributed by atoms with Crippen molar-refractivity contribution in [2.24, 2.45) is 5.73 Å². The Bertz CT molecular complexity index is 297. The Hall–Kier alpha value is -1.23. The number of halogens is 2. The highest BCUT2D eigenvalue weighted by molar-refractivity contribution is 5.73. The van der Waals surface area contributed by atoms with Crippen LogP contribution < -0.4 is 5.73 Å². The van der Waals surface area contributed by atoms with Crippen molar-refractivity contribution in [3.8, 4) is 0 Å². The van der Waals surface area contributed by atoms with Crippen molar-refractivity contribution in [1.29, 1.82) is 0 Å². The Kier molecular flexibility index (Phi) is 3.00. The Morgan fingerprint density at radius 3 is 2.86 bits per heavy atom. The van der Waals surface area contributed by atoms with Crippen molar-refractivity contribution in [2.45, 2.75) is 24.8 Å². The maximum atomic E-state index is 12.8. The van der Waals surface area contributed by atoms with E-state index in [9.17, 15) is 13.6 Å². The molecule has 0 amide bonds. The van der Waals surface area contributed by atoms with E-state index in [-0.39, 0.29) is 6.42 Å². The molecule has 1 rings (SSSR count). The molecular weight excluding hydrogens is 192 g/mol. The van der Waals surface area contributed by atoms with Gasteiger partial charge in [0.2, 0.25) is 0 Å². The van der Waals surface area contributed by atoms with Gasteiger partial charge in [-0.3, -0.25) is 4.79 Å². The fourth-order valence-corrected chi connectivity index (χ4v) is 1.26. The molecular formula is C9H11F2NO2. The van der Waals surface area contributed by atoms with Crippen molar-refractivity contribution in [1.82, 2.24) is 0 Å². The summed E-state index contributed by atoms with van der Waals surface area (Å²) in [7, 11) is 0. The number of alkyl halides is 2. The van der Waals surface area contributed by atoms with Crippen LogP contribution in [-0.2, 0) is 4.79 Å². The highest BCUT2D eigenvalue weighted by Gasteiger charge is 2.29. The minimum Gasteiger partial charge on any atom is -0.480 e. The average Bonchev–Trinajstić information content (AvgIpc) is 2.01. The third kappa shape index (κ3) is 2.92. The van der Waals surface area contributed by atoms with Gasteiger partial charge in [0.25, 0.3) is 5.92 Å². The van der Waals surface area contributed by atoms with E-state index in [0.29, 0.717) is 5.57 Å². The maximum Gasteiger partial charge on any atom is 0.320 e. The van der Waals surface area contributed by atoms with Crippen LogP contribution in [0.1, 0.15) is 12.8 Å². The molecule has 14 heavy (non-hydrogen) atoms. The lowest BCUT2D eigenvalue weighted by molar-refractivity contribution is -0.138. The molecule has 3 N–H and O–H groups in total. The average molecular weight is 203 g/mol. The van der Waals surface area contributed by atoms with E-state index >= 15 is 0 Å². The maximum absolute atomic E-state index is 12.8. The molecule has 1 aliphatic carbocycles. The molecule has 0 heterocycles. The summed E-state index contributed by atoms with van der Waals surface area (Å²) in [4.78, 5) is 10.4. The Balaban J connectivity index is 2.59. The van der Waals surface area contributed by atoms with Gasteiger partial charge >= 0.3 is 5.97 Å². The summed E-state index contributed by atoms with van der Waals surface area (Å²) in [6, 6.07) is -1.11. The summed E-state index contributed by atoms with van der Waals surface area (Å²) in [6.07, 6.45) is 3.04. The van der Waals surface area contributed by atoms with Crippen LogP contribution in [0.2, 0.25) is 0 Å². The molecule has 0 radical (unpaired) electrons. The predicted octanol–water partition coefficient (Wildman–Crippen LogP) is 1.31. The van der Waals surface area contributed by atoms with E-state index in [0.717, 1.165) is 6.08 Å². The zero-order valence-electron chi connectivity index (χ0n) is 7.41. The van der Waals surface area contributed by atoms with Gasteiger partial charge in [0.15, 0.2) is 0 Å². The van der Waals surface area contributed by atoms with Crippen LogP contribution in [0.5, 0.6) is 0 Å². The van der Waals surface area contributed by atoms with E-state index in [1.807, 2.05) is 0 Å². The van der Waals surface area contributed by atoms with Gasteiger partial charge in [-0.1, -0.05) is 17.7 Å². The standard InChI is InChI=1S/C9H11F2NO2/c10-9(11)3-1-2-6(5-9)4-7(12)8(13)14/h1-3,7H,4-5,12H2,(H,13,14)/t7-/m0/s1. The van der Waals surface area contributed by atoms with Crippen LogP contribution in [-0.4, -0.2) is 23.0 Å². The molecule has 5 heteroatoms. The highest BCUT2D eigenvalue weighted by atomic mass is 19.3. The van der Waals surface area contributed by atoms with E-state index in [1.165, 1.54) is 12.2 Å². The van der Waals surface area contributed by atoms with E-state index < -0.39 is 24.4 Å². The van der Waals surface area contributed by atoms with Gasteiger partial charge in [0.05, 0.1) is 0 Å². The van der Waals surface area contributed by atoms with Gasteiger partial charge in [-0.15, -0.1) is 0 Å². The molecule has 1 aliphatic rings. The summed E-state index contributed by atoms with van der Waals surface area (Å²) >= 11 is 0. The Morgan fingerprint density at radius 1 is 1.71 bits per heavy atom. The molecule has 0 saturated heterocycles. The fourth-order valence-electron chi connectivity index (χ4n) is 1.26. The van der Waals surface area contributed by atoms with Crippen LogP contribution >= 0.6 is 0 Å². The first-order valence-electron chi connectivity index (χ1n) is 4.14. The van der Waals surface area contributed by atoms with Crippen molar-refractivity contribution < 1.29 is 18.7 Å². The number of carbonyl (C=O) groups is 1. The van der Waals surface area contributed by atoms with Crippen molar-refractivity contribution in [3.63, 3.8) is 0 Å². The second kappa shape index (κ2) is 3.88. The highest BCUT2D eigenvalue weighted by Crippen LogP contribution is 2.30. The quantitative estimate of drug-likeness (QED) is 0.726. The van der Waals surface area contributed by atoms with Crippen LogP contribution in [0, 0.1) is 0 Å². The van der Waals surface area contributed by atoms with Crippen LogP contribution in [0.3, 0.4) is 0 Å². The summed E-state index contributed by atoms with van der Waals surface area (Å²) in [5.74, 6) is -4.05. The van der Waals surface area contributed by atoms with Gasteiger partial charge in [0, 0.05) is 6.42 Å². The van der Waals surface area contributed by atoms with E-state index in [2.05, 4.69) is 0 Å². The lowest BCUT2D eigenvalue weighted by Gasteiger charge is -2.18. The molecule has 0 aromatic carbocycles. The second-order valence-electron chi connectivity index (χ2n) is 3.27. The van der Waals surface area contributed by atoms with E-state index in [4.69, 9.17) is 10.8 Å². The number of aliphatic carboxylic acids is 1. The number of carboxylic acid groups (broad SMARTS) is 1. The topological polar surface area (TPSA) is 63.3 Å². The van der Waals surface area contributed by atoms with Gasteiger partial charge in [0.1, 0.15) is 6.04 Å². The summed E-state index contributed by atoms with van der Waals surface area (Å²) in [5, 5.41) is 8.49. The smallest absolute Gasteiger partial charge is 0.320 e. The Morgan fingerprint density at radius 2 is 2.36 bits per heavy atom. The normalized spacial score (nSPS) is 21.5. The summed E-state index contributed by atoms with van der Waals surface area (Å²) in [6.45, 7) is 0. The fraction of sp³-hybridized carbons (Fsp3) is 0.444. The molecule has 1 atom stereocenters. The SMILES string of the molecule is N[C@@H](CC1=CC=CC(F)(F)C1)C(=O)O. The van der Waals surface area contributed by atoms with Gasteiger partial charge < -0.3 is 10.8 Å². The molecule has 78 valence electrons. The lowest BCUT2D eigenvalue weighted by Crippen LogP contribution is -2.31. The zero-order chi connectivity index (χ0) is 10.8. The molecule has 0 saturated carbocycles. The summed E-state index contributed by atoms with van der Waals surface area (Å²) < 4.78 is 25.6. The molecule has 0 aromatic rings. The van der Waals surface area contributed by atoms with Crippen LogP contribution in [0.4, 0.5) is 8.78 Å². The molecule has 3 nitrogen and oxygen atoms in total. The van der Waals surface area contributed by atoms with Crippen molar-refractivity contribution >= 4 is 5.97 Å². The predicted molar refractivity (Wildman–Crippen MR) is 47.0 cm³/mol.